The van der Waals surface area contributed by atoms with Crippen LogP contribution in [0.15, 0.2) is 66.6 Å². The zero-order chi connectivity index (χ0) is 22.1. The van der Waals surface area contributed by atoms with Gasteiger partial charge < -0.3 is 4.90 Å². The SMILES string of the molecule is O=C1Cc2cccnc2C(=C2CCN(C(=O)Cc3ccncc3)CC2)c2ccc(Cl)cc21. The van der Waals surface area contributed by atoms with Gasteiger partial charge in [0.1, 0.15) is 0 Å². The Balaban J connectivity index is 1.48. The van der Waals surface area contributed by atoms with Gasteiger partial charge in [0.05, 0.1) is 12.1 Å². The van der Waals surface area contributed by atoms with Gasteiger partial charge in [0.2, 0.25) is 5.91 Å². The Kier molecular flexibility index (Phi) is 5.58. The van der Waals surface area contributed by atoms with E-state index in [1.165, 1.54) is 5.57 Å². The van der Waals surface area contributed by atoms with E-state index in [9.17, 15) is 9.59 Å². The molecule has 6 heteroatoms. The lowest BCUT2D eigenvalue weighted by atomic mass is 9.88. The number of Topliss-reactive ketones (excluding diaryl/α,β-unsaturated/α-hetero) is 1. The fourth-order valence-electron chi connectivity index (χ4n) is 4.59. The number of pyridine rings is 2. The Morgan fingerprint density at radius 1 is 1.00 bits per heavy atom. The highest BCUT2D eigenvalue weighted by Crippen LogP contribution is 2.38. The third-order valence-electron chi connectivity index (χ3n) is 6.21. The predicted octanol–water partition coefficient (Wildman–Crippen LogP) is 4.54. The Bertz CT molecular complexity index is 1230. The van der Waals surface area contributed by atoms with E-state index in [2.05, 4.69) is 9.97 Å². The maximum atomic E-state index is 13.0. The standard InChI is InChI=1S/C26H22ClN3O2/c27-20-3-4-21-22(16-20)23(31)15-19-2-1-9-29-26(19)25(21)18-7-12-30(13-8-18)24(32)14-17-5-10-28-11-6-17/h1-6,9-11,16H,7-8,12-15H2. The van der Waals surface area contributed by atoms with Crippen LogP contribution in [-0.2, 0) is 17.6 Å². The van der Waals surface area contributed by atoms with Crippen molar-refractivity contribution in [3.05, 3.63) is 99.6 Å². The molecule has 5 rings (SSSR count). The molecule has 2 aromatic heterocycles. The largest absolute Gasteiger partial charge is 0.342 e. The summed E-state index contributed by atoms with van der Waals surface area (Å²) in [5.41, 5.74) is 6.57. The molecule has 3 aromatic rings. The number of rotatable bonds is 2. The number of piperidine rings is 1. The van der Waals surface area contributed by atoms with Crippen LogP contribution < -0.4 is 0 Å². The first kappa shape index (κ1) is 20.6. The third kappa shape index (κ3) is 3.96. The molecule has 32 heavy (non-hydrogen) atoms. The monoisotopic (exact) mass is 443 g/mol. The molecule has 0 bridgehead atoms. The normalized spacial score (nSPS) is 15.8. The van der Waals surface area contributed by atoms with Crippen molar-refractivity contribution >= 4 is 28.9 Å². The zero-order valence-electron chi connectivity index (χ0n) is 17.6. The lowest BCUT2D eigenvalue weighted by Crippen LogP contribution is -2.37. The molecule has 1 aliphatic carbocycles. The fraction of sp³-hybridized carbons (Fsp3) is 0.231. The summed E-state index contributed by atoms with van der Waals surface area (Å²) >= 11 is 6.23. The number of aromatic nitrogens is 2. The van der Waals surface area contributed by atoms with Crippen molar-refractivity contribution in [3.8, 4) is 0 Å². The molecule has 0 saturated carbocycles. The minimum absolute atomic E-state index is 0.0531. The number of likely N-dealkylation sites (tertiary alicyclic amines) is 1. The molecule has 0 N–H and O–H groups in total. The van der Waals surface area contributed by atoms with Gasteiger partial charge >= 0.3 is 0 Å². The van der Waals surface area contributed by atoms with Gasteiger partial charge in [0, 0.05) is 54.3 Å². The van der Waals surface area contributed by atoms with Crippen LogP contribution in [0.25, 0.3) is 5.57 Å². The second-order valence-corrected chi connectivity index (χ2v) is 8.63. The number of fused-ring (bicyclic) bond motifs is 2. The van der Waals surface area contributed by atoms with Crippen LogP contribution in [0.5, 0.6) is 0 Å². The van der Waals surface area contributed by atoms with E-state index < -0.39 is 0 Å². The van der Waals surface area contributed by atoms with Gasteiger partial charge in [-0.05, 0) is 59.9 Å². The van der Waals surface area contributed by atoms with Gasteiger partial charge in [0.15, 0.2) is 5.78 Å². The van der Waals surface area contributed by atoms with Crippen LogP contribution >= 0.6 is 11.6 Å². The van der Waals surface area contributed by atoms with Gasteiger partial charge in [-0.25, -0.2) is 0 Å². The predicted molar refractivity (Wildman–Crippen MR) is 124 cm³/mol. The van der Waals surface area contributed by atoms with Crippen molar-refractivity contribution in [2.45, 2.75) is 25.7 Å². The van der Waals surface area contributed by atoms with Crippen molar-refractivity contribution in [1.29, 1.82) is 0 Å². The van der Waals surface area contributed by atoms with Gasteiger partial charge in [-0.3, -0.25) is 19.6 Å². The number of nitrogens with zero attached hydrogens (tertiary/aromatic N) is 3. The molecular weight excluding hydrogens is 422 g/mol. The Hall–Kier alpha value is -3.31. The maximum absolute atomic E-state index is 13.0. The summed E-state index contributed by atoms with van der Waals surface area (Å²) in [5.74, 6) is 0.180. The lowest BCUT2D eigenvalue weighted by molar-refractivity contribution is -0.130. The first-order valence-electron chi connectivity index (χ1n) is 10.8. The topological polar surface area (TPSA) is 63.2 Å². The minimum atomic E-state index is 0.0531. The summed E-state index contributed by atoms with van der Waals surface area (Å²) in [6, 6.07) is 13.1. The molecule has 0 unspecified atom stereocenters. The smallest absolute Gasteiger partial charge is 0.227 e. The van der Waals surface area contributed by atoms with E-state index in [0.717, 1.165) is 40.8 Å². The first-order chi connectivity index (χ1) is 15.6. The quantitative estimate of drug-likeness (QED) is 0.583. The van der Waals surface area contributed by atoms with Crippen molar-refractivity contribution in [2.75, 3.05) is 13.1 Å². The van der Waals surface area contributed by atoms with Crippen molar-refractivity contribution in [2.24, 2.45) is 0 Å². The van der Waals surface area contributed by atoms with Crippen molar-refractivity contribution in [1.82, 2.24) is 14.9 Å². The minimum Gasteiger partial charge on any atom is -0.342 e. The van der Waals surface area contributed by atoms with E-state index in [1.54, 1.807) is 24.7 Å². The van der Waals surface area contributed by atoms with Crippen molar-refractivity contribution in [3.63, 3.8) is 0 Å². The number of carbonyl (C=O) groups excluding carboxylic acids is 2. The third-order valence-corrected chi connectivity index (χ3v) is 6.44. The highest BCUT2D eigenvalue weighted by molar-refractivity contribution is 6.31. The van der Waals surface area contributed by atoms with Crippen LogP contribution in [0.3, 0.4) is 0 Å². The molecule has 2 aliphatic rings. The number of carbonyl (C=O) groups is 2. The summed E-state index contributed by atoms with van der Waals surface area (Å²) < 4.78 is 0. The fourth-order valence-corrected chi connectivity index (χ4v) is 4.76. The number of ketones is 1. The van der Waals surface area contributed by atoms with Crippen LogP contribution in [0.4, 0.5) is 0 Å². The molecule has 1 fully saturated rings. The van der Waals surface area contributed by atoms with Crippen LogP contribution in [0.1, 0.15) is 45.6 Å². The van der Waals surface area contributed by atoms with Crippen LogP contribution in [-0.4, -0.2) is 39.6 Å². The molecule has 3 heterocycles. The van der Waals surface area contributed by atoms with Crippen LogP contribution in [0, 0.1) is 0 Å². The second-order valence-electron chi connectivity index (χ2n) is 8.19. The molecule has 0 spiro atoms. The molecule has 0 atom stereocenters. The molecule has 0 radical (unpaired) electrons. The highest BCUT2D eigenvalue weighted by atomic mass is 35.5. The first-order valence-corrected chi connectivity index (χ1v) is 11.1. The summed E-state index contributed by atoms with van der Waals surface area (Å²) in [5, 5.41) is 0.553. The summed E-state index contributed by atoms with van der Waals surface area (Å²) in [6.45, 7) is 1.31. The van der Waals surface area contributed by atoms with Crippen molar-refractivity contribution < 1.29 is 9.59 Å². The lowest BCUT2D eigenvalue weighted by Gasteiger charge is -2.30. The van der Waals surface area contributed by atoms with E-state index in [4.69, 9.17) is 11.6 Å². The Labute approximate surface area is 191 Å². The molecular formula is C26H22ClN3O2. The number of hydrogen-bond acceptors (Lipinski definition) is 4. The zero-order valence-corrected chi connectivity index (χ0v) is 18.3. The number of halogens is 1. The maximum Gasteiger partial charge on any atom is 0.227 e. The van der Waals surface area contributed by atoms with E-state index in [0.29, 0.717) is 36.5 Å². The Morgan fingerprint density at radius 3 is 2.56 bits per heavy atom. The molecule has 5 nitrogen and oxygen atoms in total. The average molecular weight is 444 g/mol. The number of benzene rings is 1. The van der Waals surface area contributed by atoms with Gasteiger partial charge in [-0.1, -0.05) is 29.3 Å². The molecule has 1 aromatic carbocycles. The second kappa shape index (κ2) is 8.67. The highest BCUT2D eigenvalue weighted by Gasteiger charge is 2.29. The van der Waals surface area contributed by atoms with Gasteiger partial charge in [-0.2, -0.15) is 0 Å². The van der Waals surface area contributed by atoms with Gasteiger partial charge in [0.25, 0.3) is 0 Å². The number of amides is 1. The van der Waals surface area contributed by atoms with Crippen LogP contribution in [0.2, 0.25) is 5.02 Å². The summed E-state index contributed by atoms with van der Waals surface area (Å²) in [7, 11) is 0. The average Bonchev–Trinajstić information content (AvgIpc) is 2.93. The van der Waals surface area contributed by atoms with E-state index in [1.807, 2.05) is 41.3 Å². The molecule has 1 saturated heterocycles. The summed E-state index contributed by atoms with van der Waals surface area (Å²) in [4.78, 5) is 36.4. The van der Waals surface area contributed by atoms with E-state index >= 15 is 0 Å². The molecule has 160 valence electrons. The molecule has 1 amide bonds. The van der Waals surface area contributed by atoms with Gasteiger partial charge in [-0.15, -0.1) is 0 Å². The molecule has 1 aliphatic heterocycles. The number of hydrogen-bond donors (Lipinski definition) is 0. The summed E-state index contributed by atoms with van der Waals surface area (Å²) in [6.07, 6.45) is 7.40. The van der Waals surface area contributed by atoms with E-state index in [-0.39, 0.29) is 11.7 Å². The Morgan fingerprint density at radius 2 is 1.78 bits per heavy atom.